The minimum atomic E-state index is -0.942. The number of aryl methyl sites for hydroxylation is 1. The Morgan fingerprint density at radius 1 is 1.20 bits per heavy atom. The van der Waals surface area contributed by atoms with Crippen molar-refractivity contribution >= 4 is 11.3 Å². The second kappa shape index (κ2) is 6.43. The Labute approximate surface area is 121 Å². The van der Waals surface area contributed by atoms with Gasteiger partial charge >= 0.3 is 0 Å². The minimum absolute atomic E-state index is 0.262. The summed E-state index contributed by atoms with van der Waals surface area (Å²) < 4.78 is 26.0. The van der Waals surface area contributed by atoms with Crippen molar-refractivity contribution in [1.82, 2.24) is 5.32 Å². The molecule has 0 bridgehead atoms. The zero-order valence-electron chi connectivity index (χ0n) is 11.4. The van der Waals surface area contributed by atoms with Gasteiger partial charge in [0.25, 0.3) is 0 Å². The molecule has 0 radical (unpaired) electrons. The van der Waals surface area contributed by atoms with E-state index in [2.05, 4.69) is 5.32 Å². The molecule has 0 aliphatic heterocycles. The van der Waals surface area contributed by atoms with Crippen molar-refractivity contribution in [2.24, 2.45) is 0 Å². The van der Waals surface area contributed by atoms with E-state index >= 15 is 0 Å². The lowest BCUT2D eigenvalue weighted by atomic mass is 10.0. The lowest BCUT2D eigenvalue weighted by molar-refractivity contribution is 0.135. The van der Waals surface area contributed by atoms with Crippen LogP contribution in [0.4, 0.5) is 8.78 Å². The van der Waals surface area contributed by atoms with E-state index in [4.69, 9.17) is 0 Å². The average molecular weight is 297 g/mol. The van der Waals surface area contributed by atoms with Crippen LogP contribution in [0.3, 0.4) is 0 Å². The number of aliphatic hydroxyl groups excluding tert-OH is 1. The molecular weight excluding hydrogens is 280 g/mol. The summed E-state index contributed by atoms with van der Waals surface area (Å²) in [7, 11) is 0. The summed E-state index contributed by atoms with van der Waals surface area (Å²) >= 11 is 1.69. The lowest BCUT2D eigenvalue weighted by Crippen LogP contribution is -2.31. The van der Waals surface area contributed by atoms with Crippen LogP contribution < -0.4 is 5.32 Å². The summed E-state index contributed by atoms with van der Waals surface area (Å²) in [5.41, 5.74) is 0.367. The highest BCUT2D eigenvalue weighted by molar-refractivity contribution is 7.11. The van der Waals surface area contributed by atoms with Gasteiger partial charge in [0.15, 0.2) is 11.6 Å². The molecule has 0 aliphatic rings. The first-order valence-corrected chi connectivity index (χ1v) is 7.20. The Morgan fingerprint density at radius 3 is 2.55 bits per heavy atom. The molecule has 0 aliphatic carbocycles. The van der Waals surface area contributed by atoms with Crippen LogP contribution in [0.1, 0.15) is 28.3 Å². The Hall–Kier alpha value is -1.30. The van der Waals surface area contributed by atoms with Gasteiger partial charge in [0.2, 0.25) is 0 Å². The molecule has 2 N–H and O–H groups in total. The van der Waals surface area contributed by atoms with Crippen molar-refractivity contribution < 1.29 is 13.9 Å². The van der Waals surface area contributed by atoms with E-state index in [1.165, 1.54) is 15.8 Å². The number of hydrogen-bond donors (Lipinski definition) is 2. The van der Waals surface area contributed by atoms with Crippen molar-refractivity contribution in [3.05, 3.63) is 57.3 Å². The van der Waals surface area contributed by atoms with Crippen LogP contribution in [-0.2, 0) is 6.54 Å². The average Bonchev–Trinajstić information content (AvgIpc) is 2.84. The van der Waals surface area contributed by atoms with Gasteiger partial charge in [-0.05, 0) is 43.7 Å². The summed E-state index contributed by atoms with van der Waals surface area (Å²) in [6, 6.07) is 7.27. The fourth-order valence-electron chi connectivity index (χ4n) is 1.94. The van der Waals surface area contributed by atoms with Crippen LogP contribution in [-0.4, -0.2) is 11.1 Å². The molecule has 0 amide bonds. The van der Waals surface area contributed by atoms with Crippen LogP contribution in [0.2, 0.25) is 0 Å². The second-order valence-corrected chi connectivity index (χ2v) is 6.17. The van der Waals surface area contributed by atoms with Gasteiger partial charge in [-0.25, -0.2) is 8.78 Å². The van der Waals surface area contributed by atoms with E-state index in [1.54, 1.807) is 11.3 Å². The molecule has 108 valence electrons. The van der Waals surface area contributed by atoms with E-state index in [0.717, 1.165) is 12.1 Å². The predicted molar refractivity (Wildman–Crippen MR) is 76.7 cm³/mol. The Morgan fingerprint density at radius 2 is 1.95 bits per heavy atom. The fourth-order valence-corrected chi connectivity index (χ4v) is 2.78. The third-order valence-electron chi connectivity index (χ3n) is 3.15. The molecule has 1 aromatic carbocycles. The second-order valence-electron chi connectivity index (χ2n) is 4.80. The number of aliphatic hydroxyl groups is 1. The van der Waals surface area contributed by atoms with Crippen LogP contribution in [0.5, 0.6) is 0 Å². The fraction of sp³-hybridized carbons (Fsp3) is 0.333. The number of rotatable bonds is 5. The zero-order valence-corrected chi connectivity index (χ0v) is 12.2. The summed E-state index contributed by atoms with van der Waals surface area (Å²) in [4.78, 5) is 2.41. The van der Waals surface area contributed by atoms with E-state index in [1.807, 2.05) is 26.0 Å². The Kier molecular flexibility index (Phi) is 4.86. The van der Waals surface area contributed by atoms with Crippen molar-refractivity contribution in [1.29, 1.82) is 0 Å². The number of halogens is 2. The van der Waals surface area contributed by atoms with Gasteiger partial charge < -0.3 is 10.4 Å². The van der Waals surface area contributed by atoms with E-state index in [9.17, 15) is 13.9 Å². The minimum Gasteiger partial charge on any atom is -0.387 e. The number of nitrogens with one attached hydrogen (secondary N) is 1. The molecule has 0 fully saturated rings. The van der Waals surface area contributed by atoms with Crippen LogP contribution in [0.25, 0.3) is 0 Å². The highest BCUT2D eigenvalue weighted by Gasteiger charge is 2.17. The van der Waals surface area contributed by atoms with Crippen LogP contribution >= 0.6 is 11.3 Å². The van der Waals surface area contributed by atoms with E-state index < -0.39 is 17.7 Å². The quantitative estimate of drug-likeness (QED) is 0.884. The van der Waals surface area contributed by atoms with Gasteiger partial charge in [-0.1, -0.05) is 6.07 Å². The predicted octanol–water partition coefficient (Wildman–Crippen LogP) is 3.55. The first-order valence-electron chi connectivity index (χ1n) is 6.39. The Balaban J connectivity index is 1.97. The van der Waals surface area contributed by atoms with Crippen LogP contribution in [0.15, 0.2) is 30.3 Å². The summed E-state index contributed by atoms with van der Waals surface area (Å²) in [6.07, 6.45) is -0.883. The lowest BCUT2D eigenvalue weighted by Gasteiger charge is -2.20. The molecule has 1 heterocycles. The van der Waals surface area contributed by atoms with Crippen molar-refractivity contribution in [3.63, 3.8) is 0 Å². The van der Waals surface area contributed by atoms with Gasteiger partial charge in [-0.3, -0.25) is 0 Å². The molecule has 2 atom stereocenters. The highest BCUT2D eigenvalue weighted by Crippen LogP contribution is 2.20. The third kappa shape index (κ3) is 3.62. The summed E-state index contributed by atoms with van der Waals surface area (Å²) in [5.74, 6) is -1.85. The normalized spacial score (nSPS) is 14.2. The Bertz CT molecular complexity index is 585. The third-order valence-corrected chi connectivity index (χ3v) is 4.15. The molecule has 2 nitrogen and oxygen atoms in total. The molecule has 20 heavy (non-hydrogen) atoms. The molecule has 0 spiro atoms. The molecule has 1 aromatic heterocycles. The monoisotopic (exact) mass is 297 g/mol. The van der Waals surface area contributed by atoms with Gasteiger partial charge in [0, 0.05) is 22.3 Å². The number of benzene rings is 1. The largest absolute Gasteiger partial charge is 0.387 e. The standard InChI is InChI=1S/C15H17F2NOS/c1-9-3-5-12(20-9)8-18-10(2)15(19)11-4-6-13(16)14(17)7-11/h3-7,10,15,18-19H,8H2,1-2H3. The smallest absolute Gasteiger partial charge is 0.159 e. The zero-order chi connectivity index (χ0) is 14.7. The topological polar surface area (TPSA) is 32.3 Å². The van der Waals surface area contributed by atoms with Gasteiger partial charge in [-0.2, -0.15) is 0 Å². The van der Waals surface area contributed by atoms with Gasteiger partial charge in [0.05, 0.1) is 6.10 Å². The van der Waals surface area contributed by atoms with Crippen molar-refractivity contribution in [3.8, 4) is 0 Å². The molecular formula is C15H17F2NOS. The van der Waals surface area contributed by atoms with Crippen LogP contribution in [0, 0.1) is 18.6 Å². The summed E-state index contributed by atoms with van der Waals surface area (Å²) in [6.45, 7) is 4.49. The first-order chi connectivity index (χ1) is 9.47. The van der Waals surface area contributed by atoms with E-state index in [-0.39, 0.29) is 6.04 Å². The highest BCUT2D eigenvalue weighted by atomic mass is 32.1. The maximum Gasteiger partial charge on any atom is 0.159 e. The first kappa shape index (κ1) is 15.1. The van der Waals surface area contributed by atoms with Gasteiger partial charge in [-0.15, -0.1) is 11.3 Å². The summed E-state index contributed by atoms with van der Waals surface area (Å²) in [5, 5.41) is 13.3. The number of thiophene rings is 1. The molecule has 2 aromatic rings. The molecule has 5 heteroatoms. The SMILES string of the molecule is Cc1ccc(CNC(C)C(O)c2ccc(F)c(F)c2)s1. The molecule has 0 saturated carbocycles. The maximum atomic E-state index is 13.2. The van der Waals surface area contributed by atoms with Crippen molar-refractivity contribution in [2.45, 2.75) is 32.5 Å². The van der Waals surface area contributed by atoms with E-state index in [0.29, 0.717) is 12.1 Å². The number of hydrogen-bond acceptors (Lipinski definition) is 3. The van der Waals surface area contributed by atoms with Gasteiger partial charge in [0.1, 0.15) is 0 Å². The molecule has 2 rings (SSSR count). The van der Waals surface area contributed by atoms with Crippen molar-refractivity contribution in [2.75, 3.05) is 0 Å². The molecule has 0 saturated heterocycles. The molecule has 2 unspecified atom stereocenters. The maximum absolute atomic E-state index is 13.2.